The number of aryl methyl sites for hydroxylation is 2. The molecule has 0 aliphatic carbocycles. The molecule has 8 heteroatoms. The van der Waals surface area contributed by atoms with Gasteiger partial charge in [-0.25, -0.2) is 4.98 Å². The summed E-state index contributed by atoms with van der Waals surface area (Å²) in [7, 11) is 0. The number of anilines is 1. The molecule has 0 radical (unpaired) electrons. The topological polar surface area (TPSA) is 97.7 Å². The Morgan fingerprint density at radius 3 is 3.00 bits per heavy atom. The van der Waals surface area contributed by atoms with Crippen LogP contribution < -0.4 is 5.32 Å². The van der Waals surface area contributed by atoms with Crippen molar-refractivity contribution < 1.29 is 4.79 Å². The number of benzene rings is 1. The Hall–Kier alpha value is -2.92. The second-order valence-corrected chi connectivity index (χ2v) is 7.56. The number of nitrogens with one attached hydrogen (secondary N) is 2. The molecule has 3 aromatic rings. The van der Waals surface area contributed by atoms with Crippen LogP contribution in [0.1, 0.15) is 17.8 Å². The fraction of sp³-hybridized carbons (Fsp3) is 0.333. The maximum Gasteiger partial charge on any atom is 0.231 e. The molecule has 0 unspecified atom stereocenters. The fourth-order valence-corrected chi connectivity index (χ4v) is 4.23. The Kier molecular flexibility index (Phi) is 4.09. The second-order valence-electron chi connectivity index (χ2n) is 6.53. The molecule has 3 heterocycles. The number of hydrogen-bond donors (Lipinski definition) is 2. The summed E-state index contributed by atoms with van der Waals surface area (Å²) >= 11 is 1.46. The maximum atomic E-state index is 12.4. The van der Waals surface area contributed by atoms with Crippen LogP contribution in [0.3, 0.4) is 0 Å². The number of carbonyl (C=O) groups excluding carboxylic acids is 1. The fourth-order valence-electron chi connectivity index (χ4n) is 3.39. The zero-order chi connectivity index (χ0) is 18.3. The minimum Gasteiger partial charge on any atom is -0.310 e. The second kappa shape index (κ2) is 6.42. The van der Waals surface area contributed by atoms with Gasteiger partial charge in [0, 0.05) is 24.3 Å². The molecule has 7 nitrogen and oxygen atoms in total. The highest BCUT2D eigenvalue weighted by atomic mass is 32.1. The van der Waals surface area contributed by atoms with Crippen LogP contribution in [0, 0.1) is 31.2 Å². The number of thiazole rings is 1. The van der Waals surface area contributed by atoms with Gasteiger partial charge in [-0.2, -0.15) is 10.4 Å². The van der Waals surface area contributed by atoms with Crippen LogP contribution in [-0.2, 0) is 4.79 Å². The first-order chi connectivity index (χ1) is 12.5. The van der Waals surface area contributed by atoms with Gasteiger partial charge >= 0.3 is 0 Å². The monoisotopic (exact) mass is 366 g/mol. The minimum atomic E-state index is -0.159. The molecule has 1 fully saturated rings. The summed E-state index contributed by atoms with van der Waals surface area (Å²) in [5, 5.41) is 19.7. The molecular formula is C18H18N6OS. The zero-order valence-electron chi connectivity index (χ0n) is 14.5. The highest BCUT2D eigenvalue weighted by Gasteiger charge is 2.28. The molecule has 1 saturated heterocycles. The van der Waals surface area contributed by atoms with E-state index in [0.29, 0.717) is 24.6 Å². The average molecular weight is 366 g/mol. The van der Waals surface area contributed by atoms with E-state index >= 15 is 0 Å². The number of H-pyrrole nitrogens is 1. The first-order valence-electron chi connectivity index (χ1n) is 8.43. The Bertz CT molecular complexity index is 1010. The molecular weight excluding hydrogens is 348 g/mol. The Labute approximate surface area is 154 Å². The molecule has 1 amide bonds. The minimum absolute atomic E-state index is 0.0662. The summed E-state index contributed by atoms with van der Waals surface area (Å²) < 4.78 is 1.02. The van der Waals surface area contributed by atoms with Crippen molar-refractivity contribution in [3.05, 3.63) is 29.6 Å². The molecule has 0 bridgehead atoms. The smallest absolute Gasteiger partial charge is 0.231 e. The number of nitriles is 1. The molecule has 2 N–H and O–H groups in total. The number of fused-ring (bicyclic) bond motifs is 1. The Morgan fingerprint density at radius 2 is 2.31 bits per heavy atom. The largest absolute Gasteiger partial charge is 0.310 e. The quantitative estimate of drug-likeness (QED) is 0.694. The van der Waals surface area contributed by atoms with Gasteiger partial charge in [0.1, 0.15) is 0 Å². The van der Waals surface area contributed by atoms with E-state index < -0.39 is 0 Å². The van der Waals surface area contributed by atoms with Crippen LogP contribution in [-0.4, -0.2) is 39.1 Å². The summed E-state index contributed by atoms with van der Waals surface area (Å²) in [4.78, 5) is 18.6. The molecule has 26 heavy (non-hydrogen) atoms. The van der Waals surface area contributed by atoms with E-state index in [2.05, 4.69) is 32.8 Å². The number of likely N-dealkylation sites (tertiary alicyclic amines) is 1. The van der Waals surface area contributed by atoms with Crippen LogP contribution in [0.4, 0.5) is 5.13 Å². The summed E-state index contributed by atoms with van der Waals surface area (Å²) in [5.41, 5.74) is 4.98. The van der Waals surface area contributed by atoms with Crippen LogP contribution in [0.15, 0.2) is 18.2 Å². The van der Waals surface area contributed by atoms with Crippen LogP contribution in [0.5, 0.6) is 0 Å². The van der Waals surface area contributed by atoms with Crippen molar-refractivity contribution in [2.24, 2.45) is 5.92 Å². The molecule has 4 rings (SSSR count). The predicted octanol–water partition coefficient (Wildman–Crippen LogP) is 3.04. The third-order valence-corrected chi connectivity index (χ3v) is 5.69. The van der Waals surface area contributed by atoms with Gasteiger partial charge in [-0.1, -0.05) is 17.4 Å². The number of rotatable bonds is 3. The molecule has 1 atom stereocenters. The summed E-state index contributed by atoms with van der Waals surface area (Å²) in [6.45, 7) is 5.10. The van der Waals surface area contributed by atoms with Crippen molar-refractivity contribution in [3.63, 3.8) is 0 Å². The summed E-state index contributed by atoms with van der Waals surface area (Å²) in [6, 6.07) is 6.11. The van der Waals surface area contributed by atoms with Gasteiger partial charge in [0.15, 0.2) is 11.3 Å². The van der Waals surface area contributed by atoms with Gasteiger partial charge in [0.05, 0.1) is 21.8 Å². The number of carbonyl (C=O) groups is 1. The lowest BCUT2D eigenvalue weighted by molar-refractivity contribution is -0.119. The van der Waals surface area contributed by atoms with Crippen LogP contribution in [0.2, 0.25) is 0 Å². The van der Waals surface area contributed by atoms with E-state index in [1.807, 2.05) is 26.0 Å². The first-order valence-corrected chi connectivity index (χ1v) is 9.25. The number of nitrogens with zero attached hydrogens (tertiary/aromatic N) is 4. The molecule has 132 valence electrons. The lowest BCUT2D eigenvalue weighted by Gasteiger charge is -2.08. The maximum absolute atomic E-state index is 12.4. The van der Waals surface area contributed by atoms with Crippen molar-refractivity contribution in [3.8, 4) is 17.3 Å². The van der Waals surface area contributed by atoms with Gasteiger partial charge in [0.25, 0.3) is 0 Å². The van der Waals surface area contributed by atoms with Crippen molar-refractivity contribution >= 4 is 32.6 Å². The number of amides is 1. The van der Waals surface area contributed by atoms with E-state index in [9.17, 15) is 4.79 Å². The first kappa shape index (κ1) is 16.5. The summed E-state index contributed by atoms with van der Waals surface area (Å²) in [6.07, 6.45) is 2.80. The molecule has 2 aromatic heterocycles. The Balaban J connectivity index is 1.57. The third kappa shape index (κ3) is 2.91. The van der Waals surface area contributed by atoms with Crippen LogP contribution >= 0.6 is 11.3 Å². The predicted molar refractivity (Wildman–Crippen MR) is 101 cm³/mol. The van der Waals surface area contributed by atoms with Gasteiger partial charge in [-0.05, 0) is 38.0 Å². The van der Waals surface area contributed by atoms with E-state index in [1.165, 1.54) is 11.3 Å². The molecule has 0 saturated carbocycles. The highest BCUT2D eigenvalue weighted by molar-refractivity contribution is 7.22. The number of hydrogen-bond acceptors (Lipinski definition) is 6. The van der Waals surface area contributed by atoms with Crippen molar-refractivity contribution in [2.75, 3.05) is 18.4 Å². The third-order valence-electron chi connectivity index (χ3n) is 4.73. The standard InChI is InChI=1S/C18H18N6OS/c1-10-16(11(2)23-22-10)12-3-4-15-14(7-12)20-18(26-15)21-17(25)13-5-6-24(8-13)9-19/h3-4,7,13H,5-6,8H2,1-2H3,(H,22,23)(H,20,21,25)/t13-/m1/s1. The van der Waals surface area contributed by atoms with Crippen molar-refractivity contribution in [2.45, 2.75) is 20.3 Å². The van der Waals surface area contributed by atoms with Gasteiger partial charge in [-0.15, -0.1) is 0 Å². The zero-order valence-corrected chi connectivity index (χ0v) is 15.4. The van der Waals surface area contributed by atoms with E-state index in [1.54, 1.807) is 4.90 Å². The SMILES string of the molecule is Cc1n[nH]c(C)c1-c1ccc2sc(NC(=O)[C@@H]3CCN(C#N)C3)nc2c1. The number of aromatic nitrogens is 3. The lowest BCUT2D eigenvalue weighted by atomic mass is 10.0. The molecule has 0 spiro atoms. The van der Waals surface area contributed by atoms with Gasteiger partial charge in [-0.3, -0.25) is 9.89 Å². The van der Waals surface area contributed by atoms with Crippen LogP contribution in [0.25, 0.3) is 21.3 Å². The number of aromatic amines is 1. The van der Waals surface area contributed by atoms with Crippen molar-refractivity contribution in [1.29, 1.82) is 5.26 Å². The molecule has 1 aromatic carbocycles. The normalized spacial score (nSPS) is 16.8. The molecule has 1 aliphatic rings. The lowest BCUT2D eigenvalue weighted by Crippen LogP contribution is -2.25. The Morgan fingerprint density at radius 1 is 1.46 bits per heavy atom. The highest BCUT2D eigenvalue weighted by Crippen LogP contribution is 2.32. The van der Waals surface area contributed by atoms with Gasteiger partial charge in [0.2, 0.25) is 5.91 Å². The van der Waals surface area contributed by atoms with E-state index in [-0.39, 0.29) is 11.8 Å². The van der Waals surface area contributed by atoms with Crippen molar-refractivity contribution in [1.82, 2.24) is 20.1 Å². The van der Waals surface area contributed by atoms with Gasteiger partial charge < -0.3 is 10.2 Å². The van der Waals surface area contributed by atoms with E-state index in [0.717, 1.165) is 32.7 Å². The summed E-state index contributed by atoms with van der Waals surface area (Å²) in [5.74, 6) is -0.225. The molecule has 1 aliphatic heterocycles. The van der Waals surface area contributed by atoms with E-state index in [4.69, 9.17) is 5.26 Å². The average Bonchev–Trinajstić information content (AvgIpc) is 3.32.